The van der Waals surface area contributed by atoms with Gasteiger partial charge in [0.15, 0.2) is 5.78 Å². The Kier molecular flexibility index (Phi) is 2.79. The number of hydrogen-bond donors (Lipinski definition) is 1. The molecule has 1 saturated carbocycles. The summed E-state index contributed by atoms with van der Waals surface area (Å²) in [7, 11) is 0. The maximum Gasteiger partial charge on any atom is 0.317 e. The van der Waals surface area contributed by atoms with Crippen LogP contribution in [0, 0.1) is 11.3 Å². The summed E-state index contributed by atoms with van der Waals surface area (Å²) in [6.45, 7) is 7.25. The molecule has 0 heterocycles. The number of hydrogen-bond acceptors (Lipinski definition) is 2. The summed E-state index contributed by atoms with van der Waals surface area (Å²) >= 11 is 0. The zero-order valence-electron chi connectivity index (χ0n) is 8.67. The molecule has 0 aromatic carbocycles. The van der Waals surface area contributed by atoms with E-state index >= 15 is 0 Å². The fourth-order valence-electron chi connectivity index (χ4n) is 2.17. The van der Waals surface area contributed by atoms with E-state index in [0.717, 1.165) is 5.57 Å². The SMILES string of the molecule is C=C(C)CC1(C(=O)O)CCC(C)C1=O. The van der Waals surface area contributed by atoms with Gasteiger partial charge in [-0.25, -0.2) is 0 Å². The van der Waals surface area contributed by atoms with Gasteiger partial charge in [0.25, 0.3) is 0 Å². The first-order valence-corrected chi connectivity index (χ1v) is 4.82. The summed E-state index contributed by atoms with van der Waals surface area (Å²) in [6, 6.07) is 0. The third kappa shape index (κ3) is 1.59. The van der Waals surface area contributed by atoms with Gasteiger partial charge in [-0.3, -0.25) is 9.59 Å². The van der Waals surface area contributed by atoms with E-state index in [1.807, 2.05) is 0 Å². The minimum Gasteiger partial charge on any atom is -0.480 e. The predicted octanol–water partition coefficient (Wildman–Crippen LogP) is 2.02. The second-order valence-electron chi connectivity index (χ2n) is 4.33. The average Bonchev–Trinajstić information content (AvgIpc) is 2.33. The lowest BCUT2D eigenvalue weighted by Crippen LogP contribution is -2.36. The lowest BCUT2D eigenvalue weighted by Gasteiger charge is -2.22. The Labute approximate surface area is 83.8 Å². The number of aliphatic carboxylic acids is 1. The summed E-state index contributed by atoms with van der Waals surface area (Å²) < 4.78 is 0. The van der Waals surface area contributed by atoms with Gasteiger partial charge in [-0.15, -0.1) is 6.58 Å². The van der Waals surface area contributed by atoms with E-state index in [2.05, 4.69) is 6.58 Å². The molecule has 1 aliphatic carbocycles. The molecule has 78 valence electrons. The second kappa shape index (κ2) is 3.56. The van der Waals surface area contributed by atoms with E-state index in [-0.39, 0.29) is 18.1 Å². The Balaban J connectivity index is 3.00. The van der Waals surface area contributed by atoms with Gasteiger partial charge in [0, 0.05) is 5.92 Å². The van der Waals surface area contributed by atoms with Crippen LogP contribution in [0.5, 0.6) is 0 Å². The van der Waals surface area contributed by atoms with Gasteiger partial charge in [0.05, 0.1) is 0 Å². The first kappa shape index (κ1) is 11.0. The molecule has 0 aliphatic heterocycles. The largest absolute Gasteiger partial charge is 0.480 e. The molecule has 1 fully saturated rings. The zero-order valence-corrected chi connectivity index (χ0v) is 8.67. The van der Waals surface area contributed by atoms with Crippen LogP contribution in [0.15, 0.2) is 12.2 Å². The van der Waals surface area contributed by atoms with Crippen molar-refractivity contribution in [2.24, 2.45) is 11.3 Å². The fourth-order valence-corrected chi connectivity index (χ4v) is 2.17. The topological polar surface area (TPSA) is 54.4 Å². The van der Waals surface area contributed by atoms with Crippen LogP contribution in [-0.2, 0) is 9.59 Å². The summed E-state index contributed by atoms with van der Waals surface area (Å²) in [6.07, 6.45) is 1.42. The van der Waals surface area contributed by atoms with Gasteiger partial charge in [0.1, 0.15) is 5.41 Å². The van der Waals surface area contributed by atoms with Gasteiger partial charge in [-0.1, -0.05) is 12.5 Å². The van der Waals surface area contributed by atoms with Crippen LogP contribution in [0.25, 0.3) is 0 Å². The maximum atomic E-state index is 11.8. The molecule has 0 aromatic rings. The van der Waals surface area contributed by atoms with Crippen LogP contribution < -0.4 is 0 Å². The Bertz CT molecular complexity index is 293. The van der Waals surface area contributed by atoms with Gasteiger partial charge < -0.3 is 5.11 Å². The van der Waals surface area contributed by atoms with Crippen LogP contribution in [0.1, 0.15) is 33.1 Å². The summed E-state index contributed by atoms with van der Waals surface area (Å²) in [5.74, 6) is -1.24. The van der Waals surface area contributed by atoms with Crippen molar-refractivity contribution in [1.82, 2.24) is 0 Å². The lowest BCUT2D eigenvalue weighted by molar-refractivity contribution is -0.153. The number of ketones is 1. The highest BCUT2D eigenvalue weighted by atomic mass is 16.4. The van der Waals surface area contributed by atoms with Crippen molar-refractivity contribution in [1.29, 1.82) is 0 Å². The Hall–Kier alpha value is -1.12. The van der Waals surface area contributed by atoms with Crippen LogP contribution in [0.2, 0.25) is 0 Å². The van der Waals surface area contributed by atoms with Crippen molar-refractivity contribution in [2.75, 3.05) is 0 Å². The Morgan fingerprint density at radius 2 is 2.29 bits per heavy atom. The van der Waals surface area contributed by atoms with E-state index in [1.54, 1.807) is 13.8 Å². The van der Waals surface area contributed by atoms with Crippen molar-refractivity contribution < 1.29 is 14.7 Å². The number of carboxylic acids is 1. The highest BCUT2D eigenvalue weighted by Crippen LogP contribution is 2.42. The van der Waals surface area contributed by atoms with E-state index in [0.29, 0.717) is 12.8 Å². The minimum absolute atomic E-state index is 0.120. The van der Waals surface area contributed by atoms with Crippen molar-refractivity contribution in [3.63, 3.8) is 0 Å². The molecule has 1 aliphatic rings. The molecule has 1 N–H and O–H groups in total. The first-order valence-electron chi connectivity index (χ1n) is 4.82. The van der Waals surface area contributed by atoms with Gasteiger partial charge in [-0.2, -0.15) is 0 Å². The maximum absolute atomic E-state index is 11.8. The van der Waals surface area contributed by atoms with E-state index in [1.165, 1.54) is 0 Å². The van der Waals surface area contributed by atoms with E-state index in [4.69, 9.17) is 5.11 Å². The van der Waals surface area contributed by atoms with Crippen molar-refractivity contribution >= 4 is 11.8 Å². The highest BCUT2D eigenvalue weighted by molar-refractivity contribution is 6.05. The fraction of sp³-hybridized carbons (Fsp3) is 0.636. The molecule has 3 heteroatoms. The van der Waals surface area contributed by atoms with E-state index in [9.17, 15) is 9.59 Å². The molecule has 0 radical (unpaired) electrons. The highest BCUT2D eigenvalue weighted by Gasteiger charge is 2.51. The Morgan fingerprint density at radius 3 is 2.57 bits per heavy atom. The average molecular weight is 196 g/mol. The summed E-state index contributed by atoms with van der Waals surface area (Å²) in [5, 5.41) is 9.14. The molecule has 0 spiro atoms. The number of rotatable bonds is 3. The third-order valence-corrected chi connectivity index (χ3v) is 2.94. The van der Waals surface area contributed by atoms with Crippen molar-refractivity contribution in [3.8, 4) is 0 Å². The predicted molar refractivity (Wildman–Crippen MR) is 52.9 cm³/mol. The van der Waals surface area contributed by atoms with Crippen molar-refractivity contribution in [2.45, 2.75) is 33.1 Å². The number of Topliss-reactive ketones (excluding diaryl/α,β-unsaturated/α-hetero) is 1. The molecule has 0 amide bonds. The number of allylic oxidation sites excluding steroid dienone is 1. The van der Waals surface area contributed by atoms with Crippen LogP contribution in [0.3, 0.4) is 0 Å². The smallest absolute Gasteiger partial charge is 0.317 e. The lowest BCUT2D eigenvalue weighted by atomic mass is 9.79. The van der Waals surface area contributed by atoms with Gasteiger partial charge in [0.2, 0.25) is 0 Å². The van der Waals surface area contributed by atoms with Gasteiger partial charge in [-0.05, 0) is 26.2 Å². The molecular formula is C11H16O3. The summed E-state index contributed by atoms with van der Waals surface area (Å²) in [5.41, 5.74) is -0.416. The second-order valence-corrected chi connectivity index (χ2v) is 4.33. The minimum atomic E-state index is -1.18. The molecule has 1 rings (SSSR count). The first-order chi connectivity index (χ1) is 6.40. The number of carboxylic acid groups (broad SMARTS) is 1. The molecule has 2 atom stereocenters. The quantitative estimate of drug-likeness (QED) is 0.555. The van der Waals surface area contributed by atoms with Crippen LogP contribution in [-0.4, -0.2) is 16.9 Å². The molecule has 3 nitrogen and oxygen atoms in total. The molecule has 14 heavy (non-hydrogen) atoms. The normalized spacial score (nSPS) is 31.9. The zero-order chi connectivity index (χ0) is 10.9. The molecular weight excluding hydrogens is 180 g/mol. The number of carbonyl (C=O) groups is 2. The van der Waals surface area contributed by atoms with Crippen LogP contribution in [0.4, 0.5) is 0 Å². The molecule has 0 aromatic heterocycles. The van der Waals surface area contributed by atoms with Gasteiger partial charge >= 0.3 is 5.97 Å². The standard InChI is InChI=1S/C11H16O3/c1-7(2)6-11(10(13)14)5-4-8(3)9(11)12/h8H,1,4-6H2,2-3H3,(H,13,14). The van der Waals surface area contributed by atoms with Crippen molar-refractivity contribution in [3.05, 3.63) is 12.2 Å². The summed E-state index contributed by atoms with van der Waals surface area (Å²) in [4.78, 5) is 22.9. The monoisotopic (exact) mass is 196 g/mol. The molecule has 0 saturated heterocycles. The molecule has 0 bridgehead atoms. The third-order valence-electron chi connectivity index (χ3n) is 2.94. The molecule has 2 unspecified atom stereocenters. The number of carbonyl (C=O) groups excluding carboxylic acids is 1. The van der Waals surface area contributed by atoms with E-state index < -0.39 is 11.4 Å². The van der Waals surface area contributed by atoms with Crippen LogP contribution >= 0.6 is 0 Å². The Morgan fingerprint density at radius 1 is 1.71 bits per heavy atom.